The molecular formula is C30H36N6O4S. The lowest BCUT2D eigenvalue weighted by Gasteiger charge is -2.40. The fraction of sp³-hybridized carbons (Fsp3) is 0.400. The number of piperidine rings is 1. The zero-order chi connectivity index (χ0) is 28.4. The van der Waals surface area contributed by atoms with Crippen LogP contribution in [0.15, 0.2) is 60.8 Å². The number of morpholine rings is 1. The van der Waals surface area contributed by atoms with Gasteiger partial charge in [0.05, 0.1) is 49.2 Å². The molecule has 0 aliphatic carbocycles. The van der Waals surface area contributed by atoms with Crippen LogP contribution in [0, 0.1) is 0 Å². The number of ether oxygens (including phenoxy) is 2. The van der Waals surface area contributed by atoms with Crippen molar-refractivity contribution in [3.05, 3.63) is 66.4 Å². The van der Waals surface area contributed by atoms with Gasteiger partial charge < -0.3 is 19.7 Å². The van der Waals surface area contributed by atoms with E-state index in [0.717, 1.165) is 85.9 Å². The van der Waals surface area contributed by atoms with Gasteiger partial charge in [0.1, 0.15) is 5.75 Å². The third-order valence-electron chi connectivity index (χ3n) is 7.93. The minimum absolute atomic E-state index is 0.0406. The van der Waals surface area contributed by atoms with E-state index in [1.807, 2.05) is 42.5 Å². The highest BCUT2D eigenvalue weighted by molar-refractivity contribution is 7.89. The zero-order valence-corrected chi connectivity index (χ0v) is 24.3. The molecule has 0 bridgehead atoms. The summed E-state index contributed by atoms with van der Waals surface area (Å²) in [6, 6.07) is 18.2. The van der Waals surface area contributed by atoms with Gasteiger partial charge in [-0.1, -0.05) is 24.3 Å². The van der Waals surface area contributed by atoms with Crippen LogP contribution in [0.4, 0.5) is 17.3 Å². The fourth-order valence-corrected chi connectivity index (χ4v) is 6.69. The van der Waals surface area contributed by atoms with E-state index in [-0.39, 0.29) is 5.75 Å². The number of fused-ring (bicyclic) bond motifs is 1. The number of anilines is 3. The van der Waals surface area contributed by atoms with E-state index in [4.69, 9.17) is 14.6 Å². The molecule has 1 N–H and O–H groups in total. The van der Waals surface area contributed by atoms with E-state index in [1.165, 1.54) is 6.26 Å². The molecule has 0 saturated carbocycles. The molecule has 0 radical (unpaired) electrons. The summed E-state index contributed by atoms with van der Waals surface area (Å²) < 4.78 is 37.2. The lowest BCUT2D eigenvalue weighted by atomic mass is 10.0. The Morgan fingerprint density at radius 3 is 2.56 bits per heavy atom. The molecule has 2 aliphatic rings. The minimum atomic E-state index is -3.20. The van der Waals surface area contributed by atoms with Crippen LogP contribution in [-0.4, -0.2) is 86.7 Å². The molecule has 216 valence electrons. The number of sulfone groups is 1. The van der Waals surface area contributed by atoms with Crippen molar-refractivity contribution < 1.29 is 17.9 Å². The van der Waals surface area contributed by atoms with Crippen LogP contribution in [0.5, 0.6) is 5.75 Å². The molecule has 0 amide bonds. The molecule has 2 fully saturated rings. The van der Waals surface area contributed by atoms with E-state index in [9.17, 15) is 8.42 Å². The zero-order valence-electron chi connectivity index (χ0n) is 23.5. The summed E-state index contributed by atoms with van der Waals surface area (Å²) in [6.07, 6.45) is 5.28. The number of hydrogen-bond donors (Lipinski definition) is 1. The number of methoxy groups -OCH3 is 1. The Morgan fingerprint density at radius 1 is 1.02 bits per heavy atom. The van der Waals surface area contributed by atoms with Gasteiger partial charge in [-0.05, 0) is 42.7 Å². The second-order valence-corrected chi connectivity index (χ2v) is 12.9. The molecule has 0 atom stereocenters. The first-order valence-corrected chi connectivity index (χ1v) is 16.1. The average molecular weight is 577 g/mol. The van der Waals surface area contributed by atoms with Crippen LogP contribution in [0.2, 0.25) is 0 Å². The molecule has 2 aromatic heterocycles. The van der Waals surface area contributed by atoms with Gasteiger partial charge in [-0.2, -0.15) is 0 Å². The third-order valence-corrected chi connectivity index (χ3v) is 8.77. The molecule has 6 rings (SSSR count). The van der Waals surface area contributed by atoms with Gasteiger partial charge in [-0.15, -0.1) is 5.10 Å². The van der Waals surface area contributed by atoms with Crippen molar-refractivity contribution in [2.75, 3.05) is 63.0 Å². The van der Waals surface area contributed by atoms with Gasteiger partial charge >= 0.3 is 0 Å². The number of rotatable bonds is 8. The highest BCUT2D eigenvalue weighted by Crippen LogP contribution is 2.33. The molecule has 0 spiro atoms. The summed E-state index contributed by atoms with van der Waals surface area (Å²) in [7, 11) is -1.53. The van der Waals surface area contributed by atoms with Crippen molar-refractivity contribution in [1.29, 1.82) is 0 Å². The number of nitrogens with one attached hydrogen (secondary N) is 1. The normalized spacial score (nSPS) is 17.2. The molecule has 4 aromatic rings. The lowest BCUT2D eigenvalue weighted by Crippen LogP contribution is -2.49. The van der Waals surface area contributed by atoms with E-state index >= 15 is 0 Å². The van der Waals surface area contributed by atoms with Gasteiger partial charge in [-0.3, -0.25) is 4.90 Å². The predicted molar refractivity (Wildman–Crippen MR) is 161 cm³/mol. The SMILES string of the molecule is COc1cc(N2CCC(N3CCOCC3)CC2)ccc1Nc1ncc2ccc(-c3ccccc3CS(C)(=O)=O)n2n1. The van der Waals surface area contributed by atoms with Crippen molar-refractivity contribution in [1.82, 2.24) is 19.5 Å². The smallest absolute Gasteiger partial charge is 0.245 e. The van der Waals surface area contributed by atoms with Crippen molar-refractivity contribution in [3.8, 4) is 17.0 Å². The van der Waals surface area contributed by atoms with Crippen LogP contribution in [-0.2, 0) is 20.3 Å². The molecule has 2 aromatic carbocycles. The summed E-state index contributed by atoms with van der Waals surface area (Å²) >= 11 is 0. The maximum atomic E-state index is 12.0. The summed E-state index contributed by atoms with van der Waals surface area (Å²) in [5.74, 6) is 1.08. The quantitative estimate of drug-likeness (QED) is 0.334. The van der Waals surface area contributed by atoms with Crippen molar-refractivity contribution in [2.45, 2.75) is 24.6 Å². The summed E-state index contributed by atoms with van der Waals surface area (Å²) in [5, 5.41) is 8.07. The Hall–Kier alpha value is -3.67. The largest absolute Gasteiger partial charge is 0.494 e. The summed E-state index contributed by atoms with van der Waals surface area (Å²) in [6.45, 7) is 5.76. The maximum absolute atomic E-state index is 12.0. The predicted octanol–water partition coefficient (Wildman–Crippen LogP) is 3.99. The number of nitrogens with zero attached hydrogens (tertiary/aromatic N) is 5. The van der Waals surface area contributed by atoms with Crippen LogP contribution in [0.25, 0.3) is 16.8 Å². The third kappa shape index (κ3) is 6.17. The monoisotopic (exact) mass is 576 g/mol. The first-order chi connectivity index (χ1) is 19.9. The van der Waals surface area contributed by atoms with Crippen LogP contribution in [0.3, 0.4) is 0 Å². The number of aromatic nitrogens is 3. The van der Waals surface area contributed by atoms with E-state index < -0.39 is 9.84 Å². The van der Waals surface area contributed by atoms with E-state index in [2.05, 4.69) is 32.2 Å². The maximum Gasteiger partial charge on any atom is 0.245 e. The molecule has 2 aliphatic heterocycles. The highest BCUT2D eigenvalue weighted by atomic mass is 32.2. The van der Waals surface area contributed by atoms with Crippen LogP contribution >= 0.6 is 0 Å². The second-order valence-electron chi connectivity index (χ2n) is 10.7. The van der Waals surface area contributed by atoms with Crippen LogP contribution < -0.4 is 15.0 Å². The Kier molecular flexibility index (Phi) is 7.83. The van der Waals surface area contributed by atoms with Crippen molar-refractivity contribution in [3.63, 3.8) is 0 Å². The second kappa shape index (κ2) is 11.7. The van der Waals surface area contributed by atoms with Gasteiger partial charge in [0.2, 0.25) is 5.95 Å². The van der Waals surface area contributed by atoms with Crippen molar-refractivity contribution >= 4 is 32.7 Å². The Labute approximate surface area is 240 Å². The van der Waals surface area contributed by atoms with Crippen molar-refractivity contribution in [2.24, 2.45) is 0 Å². The Morgan fingerprint density at radius 2 is 1.80 bits per heavy atom. The van der Waals surface area contributed by atoms with Gasteiger partial charge in [0, 0.05) is 55.8 Å². The Bertz CT molecular complexity index is 1630. The molecule has 0 unspecified atom stereocenters. The van der Waals surface area contributed by atoms with E-state index in [1.54, 1.807) is 17.8 Å². The molecule has 41 heavy (non-hydrogen) atoms. The first-order valence-electron chi connectivity index (χ1n) is 14.0. The number of hydrogen-bond acceptors (Lipinski definition) is 9. The summed E-state index contributed by atoms with van der Waals surface area (Å²) in [4.78, 5) is 9.51. The average Bonchev–Trinajstić information content (AvgIpc) is 3.40. The number of benzene rings is 2. The van der Waals surface area contributed by atoms with E-state index in [0.29, 0.717) is 17.7 Å². The molecular weight excluding hydrogens is 540 g/mol. The molecule has 11 heteroatoms. The molecule has 2 saturated heterocycles. The lowest BCUT2D eigenvalue weighted by molar-refractivity contribution is 0.0115. The van der Waals surface area contributed by atoms with Gasteiger partial charge in [0.15, 0.2) is 9.84 Å². The van der Waals surface area contributed by atoms with Gasteiger partial charge in [-0.25, -0.2) is 17.9 Å². The summed E-state index contributed by atoms with van der Waals surface area (Å²) in [5.41, 5.74) is 5.07. The topological polar surface area (TPSA) is 101 Å². The molecule has 4 heterocycles. The standard InChI is InChI=1S/C30H36N6O4S/c1-39-29-19-24(34-13-11-23(12-14-34)35-15-17-40-18-16-35)7-9-27(29)32-30-31-20-25-8-10-28(36(25)33-30)26-6-4-3-5-22(26)21-41(2,37)38/h3-10,19-20,23H,11-18,21H2,1-2H3,(H,32,33). The first kappa shape index (κ1) is 27.5. The molecule has 10 nitrogen and oxygen atoms in total. The minimum Gasteiger partial charge on any atom is -0.494 e. The fourth-order valence-electron chi connectivity index (χ4n) is 5.87. The highest BCUT2D eigenvalue weighted by Gasteiger charge is 2.26. The van der Waals surface area contributed by atoms with Gasteiger partial charge in [0.25, 0.3) is 0 Å². The van der Waals surface area contributed by atoms with Crippen LogP contribution in [0.1, 0.15) is 18.4 Å². The Balaban J connectivity index is 1.21.